The highest BCUT2D eigenvalue weighted by atomic mass is 79.9. The van der Waals surface area contributed by atoms with Crippen molar-refractivity contribution in [1.82, 2.24) is 5.32 Å². The molecular formula is C10H8BrFN2O2. The third kappa shape index (κ3) is 2.21. The summed E-state index contributed by atoms with van der Waals surface area (Å²) in [5, 5.41) is 2.16. The monoisotopic (exact) mass is 286 g/mol. The molecule has 0 spiro atoms. The first-order valence-electron chi connectivity index (χ1n) is 4.59. The molecule has 2 amide bonds. The molecule has 0 atom stereocenters. The molecule has 1 aliphatic rings. The molecule has 1 aromatic carbocycles. The number of hydrogen-bond acceptors (Lipinski definition) is 3. The minimum Gasteiger partial charge on any atom is -0.350 e. The van der Waals surface area contributed by atoms with Crippen LogP contribution in [0.15, 0.2) is 22.7 Å². The number of nitrogens with zero attached hydrogens (tertiary/aromatic N) is 1. The summed E-state index contributed by atoms with van der Waals surface area (Å²) in [5.74, 6) is -1.29. The summed E-state index contributed by atoms with van der Waals surface area (Å²) < 4.78 is 14.2. The van der Waals surface area contributed by atoms with E-state index in [0.29, 0.717) is 4.47 Å². The number of amides is 2. The molecule has 1 aliphatic heterocycles. The largest absolute Gasteiger partial charge is 0.350 e. The molecule has 0 bridgehead atoms. The van der Waals surface area contributed by atoms with Gasteiger partial charge in [0.05, 0.1) is 18.8 Å². The Morgan fingerprint density at radius 3 is 2.50 bits per heavy atom. The molecule has 16 heavy (non-hydrogen) atoms. The van der Waals surface area contributed by atoms with Crippen LogP contribution in [-0.4, -0.2) is 24.9 Å². The molecule has 0 aromatic heterocycles. The highest BCUT2D eigenvalue weighted by molar-refractivity contribution is 9.10. The van der Waals surface area contributed by atoms with Crippen molar-refractivity contribution in [2.45, 2.75) is 0 Å². The number of imide groups is 1. The Morgan fingerprint density at radius 2 is 1.88 bits per heavy atom. The number of carbonyl (C=O) groups is 2. The van der Waals surface area contributed by atoms with Gasteiger partial charge in [-0.2, -0.15) is 0 Å². The second-order valence-electron chi connectivity index (χ2n) is 3.42. The normalized spacial score (nSPS) is 16.2. The molecule has 1 fully saturated rings. The van der Waals surface area contributed by atoms with Crippen LogP contribution < -0.4 is 10.2 Å². The van der Waals surface area contributed by atoms with Crippen molar-refractivity contribution in [3.05, 3.63) is 28.5 Å². The molecular weight excluding hydrogens is 279 g/mol. The van der Waals surface area contributed by atoms with Crippen LogP contribution in [0.1, 0.15) is 0 Å². The van der Waals surface area contributed by atoms with Crippen LogP contribution >= 0.6 is 15.9 Å². The predicted molar refractivity (Wildman–Crippen MR) is 59.5 cm³/mol. The second kappa shape index (κ2) is 4.21. The zero-order chi connectivity index (χ0) is 11.7. The number of carbonyl (C=O) groups excluding carboxylic acids is 2. The van der Waals surface area contributed by atoms with Gasteiger partial charge in [0.2, 0.25) is 11.8 Å². The lowest BCUT2D eigenvalue weighted by Gasteiger charge is -2.27. The van der Waals surface area contributed by atoms with Crippen molar-refractivity contribution in [1.29, 1.82) is 0 Å². The van der Waals surface area contributed by atoms with Gasteiger partial charge in [0.1, 0.15) is 5.82 Å². The first kappa shape index (κ1) is 11.1. The van der Waals surface area contributed by atoms with E-state index in [0.717, 1.165) is 0 Å². The summed E-state index contributed by atoms with van der Waals surface area (Å²) in [4.78, 5) is 23.7. The van der Waals surface area contributed by atoms with Gasteiger partial charge < -0.3 is 4.90 Å². The Hall–Kier alpha value is -1.43. The van der Waals surface area contributed by atoms with Crippen molar-refractivity contribution in [2.24, 2.45) is 0 Å². The Bertz CT molecular complexity index is 448. The summed E-state index contributed by atoms with van der Waals surface area (Å²) in [5.41, 5.74) is 0.248. The van der Waals surface area contributed by atoms with E-state index in [1.807, 2.05) is 0 Å². The van der Waals surface area contributed by atoms with E-state index in [2.05, 4.69) is 21.2 Å². The molecule has 1 heterocycles. The van der Waals surface area contributed by atoms with Crippen LogP contribution in [0.3, 0.4) is 0 Å². The third-order valence-corrected chi connectivity index (χ3v) is 2.69. The summed E-state index contributed by atoms with van der Waals surface area (Å²) in [6.07, 6.45) is 0. The van der Waals surface area contributed by atoms with E-state index in [4.69, 9.17) is 0 Å². The van der Waals surface area contributed by atoms with Gasteiger partial charge in [-0.15, -0.1) is 0 Å². The molecule has 6 heteroatoms. The fourth-order valence-electron chi connectivity index (χ4n) is 1.54. The topological polar surface area (TPSA) is 49.4 Å². The molecule has 84 valence electrons. The summed E-state index contributed by atoms with van der Waals surface area (Å²) in [6.45, 7) is -0.0295. The quantitative estimate of drug-likeness (QED) is 0.785. The number of nitrogens with one attached hydrogen (secondary N) is 1. The minimum atomic E-state index is -0.453. The summed E-state index contributed by atoms with van der Waals surface area (Å²) in [7, 11) is 0. The molecule has 0 unspecified atom stereocenters. The van der Waals surface area contributed by atoms with Crippen LogP contribution in [0.4, 0.5) is 10.1 Å². The van der Waals surface area contributed by atoms with Gasteiger partial charge in [0, 0.05) is 4.47 Å². The van der Waals surface area contributed by atoms with Crippen molar-refractivity contribution in [3.8, 4) is 0 Å². The van der Waals surface area contributed by atoms with Crippen molar-refractivity contribution in [2.75, 3.05) is 18.0 Å². The molecule has 0 aliphatic carbocycles. The van der Waals surface area contributed by atoms with Crippen LogP contribution in [0.2, 0.25) is 0 Å². The Kier molecular flexibility index (Phi) is 2.91. The Labute approximate surface area is 99.6 Å². The van der Waals surface area contributed by atoms with Gasteiger partial charge in [-0.05, 0) is 18.2 Å². The van der Waals surface area contributed by atoms with Gasteiger partial charge in [0.25, 0.3) is 0 Å². The highest BCUT2D eigenvalue weighted by Gasteiger charge is 2.24. The van der Waals surface area contributed by atoms with Crippen molar-refractivity contribution < 1.29 is 14.0 Å². The number of hydrogen-bond donors (Lipinski definition) is 1. The van der Waals surface area contributed by atoms with Crippen LogP contribution in [0.25, 0.3) is 0 Å². The second-order valence-corrected chi connectivity index (χ2v) is 4.34. The number of halogens is 2. The van der Waals surface area contributed by atoms with Gasteiger partial charge in [-0.25, -0.2) is 4.39 Å². The zero-order valence-electron chi connectivity index (χ0n) is 8.17. The average molecular weight is 287 g/mol. The standard InChI is InChI=1S/C10H8BrFN2O2/c11-6-1-2-7(12)8(3-6)14-4-9(15)13-10(16)5-14/h1-3H,4-5H2,(H,13,15,16). The number of piperazine rings is 1. The number of anilines is 1. The zero-order valence-corrected chi connectivity index (χ0v) is 9.75. The lowest BCUT2D eigenvalue weighted by atomic mass is 10.2. The fourth-order valence-corrected chi connectivity index (χ4v) is 1.88. The smallest absolute Gasteiger partial charge is 0.246 e. The lowest BCUT2D eigenvalue weighted by Crippen LogP contribution is -2.51. The first-order chi connectivity index (χ1) is 7.56. The van der Waals surface area contributed by atoms with Gasteiger partial charge in [-0.1, -0.05) is 15.9 Å². The lowest BCUT2D eigenvalue weighted by molar-refractivity contribution is -0.130. The molecule has 1 N–H and O–H groups in total. The van der Waals surface area contributed by atoms with E-state index < -0.39 is 17.6 Å². The SMILES string of the molecule is O=C1CN(c2cc(Br)ccc2F)CC(=O)N1. The Morgan fingerprint density at radius 1 is 1.25 bits per heavy atom. The predicted octanol–water partition coefficient (Wildman–Crippen LogP) is 1.05. The van der Waals surface area contributed by atoms with E-state index in [1.54, 1.807) is 12.1 Å². The van der Waals surface area contributed by atoms with E-state index in [-0.39, 0.29) is 18.8 Å². The highest BCUT2D eigenvalue weighted by Crippen LogP contribution is 2.24. The van der Waals surface area contributed by atoms with Gasteiger partial charge >= 0.3 is 0 Å². The number of rotatable bonds is 1. The average Bonchev–Trinajstić information content (AvgIpc) is 2.20. The van der Waals surface area contributed by atoms with E-state index in [9.17, 15) is 14.0 Å². The molecule has 4 nitrogen and oxygen atoms in total. The first-order valence-corrected chi connectivity index (χ1v) is 5.38. The van der Waals surface area contributed by atoms with Crippen LogP contribution in [0.5, 0.6) is 0 Å². The molecule has 1 aromatic rings. The van der Waals surface area contributed by atoms with Crippen LogP contribution in [-0.2, 0) is 9.59 Å². The van der Waals surface area contributed by atoms with Gasteiger partial charge in [0.15, 0.2) is 0 Å². The molecule has 1 saturated heterocycles. The molecule has 2 rings (SSSR count). The fraction of sp³-hybridized carbons (Fsp3) is 0.200. The van der Waals surface area contributed by atoms with Crippen molar-refractivity contribution >= 4 is 33.4 Å². The molecule has 0 saturated carbocycles. The summed E-state index contributed by atoms with van der Waals surface area (Å²) in [6, 6.07) is 4.39. The summed E-state index contributed by atoms with van der Waals surface area (Å²) >= 11 is 3.21. The number of benzene rings is 1. The maximum Gasteiger partial charge on any atom is 0.246 e. The van der Waals surface area contributed by atoms with E-state index >= 15 is 0 Å². The maximum atomic E-state index is 13.5. The van der Waals surface area contributed by atoms with Crippen LogP contribution in [0, 0.1) is 5.82 Å². The Balaban J connectivity index is 2.32. The third-order valence-electron chi connectivity index (χ3n) is 2.20. The van der Waals surface area contributed by atoms with Crippen molar-refractivity contribution in [3.63, 3.8) is 0 Å². The minimum absolute atomic E-state index is 0.0148. The van der Waals surface area contributed by atoms with Gasteiger partial charge in [-0.3, -0.25) is 14.9 Å². The molecule has 0 radical (unpaired) electrons. The van der Waals surface area contributed by atoms with E-state index in [1.165, 1.54) is 11.0 Å². The maximum absolute atomic E-state index is 13.5.